The third kappa shape index (κ3) is 1.61. The van der Waals surface area contributed by atoms with Gasteiger partial charge in [0.05, 0.1) is 0 Å². The molecular formula is C16H8O6. The van der Waals surface area contributed by atoms with Gasteiger partial charge >= 0.3 is 5.63 Å². The van der Waals surface area contributed by atoms with Gasteiger partial charge in [0, 0.05) is 22.2 Å². The lowest BCUT2D eigenvalue weighted by atomic mass is 10.0. The lowest BCUT2D eigenvalue weighted by Crippen LogP contribution is -2.03. The molecule has 0 aliphatic heterocycles. The number of phenolic OH excluding ortho intramolecular Hbond substituents is 1. The molecule has 6 heteroatoms. The van der Waals surface area contributed by atoms with Crippen LogP contribution in [0.25, 0.3) is 32.7 Å². The minimum absolute atomic E-state index is 0.0171. The number of rotatable bonds is 0. The predicted molar refractivity (Wildman–Crippen MR) is 79.4 cm³/mol. The molecule has 108 valence electrons. The second-order valence-electron chi connectivity index (χ2n) is 4.89. The summed E-state index contributed by atoms with van der Waals surface area (Å²) in [7, 11) is 0. The normalized spacial score (nSPS) is 11.5. The Hall–Kier alpha value is -3.28. The number of phenols is 1. The van der Waals surface area contributed by atoms with Crippen LogP contribution in [0.4, 0.5) is 0 Å². The molecule has 0 saturated carbocycles. The minimum atomic E-state index is -0.820. The van der Waals surface area contributed by atoms with Crippen LogP contribution in [0.3, 0.4) is 0 Å². The standard InChI is InChI=1S/C16H8O6/c17-7-2-4-11-10(5-7)13-9-3-1-8(18)6-12(9)22-16(20)14(13)15(19)21-11/h1-6,17,19H. The highest BCUT2D eigenvalue weighted by atomic mass is 16.5. The highest BCUT2D eigenvalue weighted by Gasteiger charge is 2.17. The molecule has 0 spiro atoms. The lowest BCUT2D eigenvalue weighted by molar-refractivity contribution is 0.345. The third-order valence-corrected chi connectivity index (χ3v) is 3.53. The molecule has 2 heterocycles. The maximum atomic E-state index is 12.1. The van der Waals surface area contributed by atoms with Gasteiger partial charge in [-0.15, -0.1) is 0 Å². The van der Waals surface area contributed by atoms with Crippen molar-refractivity contribution in [2.45, 2.75) is 0 Å². The van der Waals surface area contributed by atoms with Gasteiger partial charge in [-0.05, 0) is 30.3 Å². The maximum absolute atomic E-state index is 12.1. The first-order valence-electron chi connectivity index (χ1n) is 6.40. The second kappa shape index (κ2) is 4.11. The largest absolute Gasteiger partial charge is 0.508 e. The maximum Gasteiger partial charge on any atom is 0.351 e. The van der Waals surface area contributed by atoms with E-state index in [0.717, 1.165) is 0 Å². The van der Waals surface area contributed by atoms with Gasteiger partial charge in [-0.3, -0.25) is 4.79 Å². The quantitative estimate of drug-likeness (QED) is 0.382. The van der Waals surface area contributed by atoms with Gasteiger partial charge in [-0.1, -0.05) is 0 Å². The Bertz CT molecular complexity index is 1180. The molecule has 6 nitrogen and oxygen atoms in total. The fourth-order valence-corrected chi connectivity index (χ4v) is 2.61. The Kier molecular flexibility index (Phi) is 2.33. The second-order valence-corrected chi connectivity index (χ2v) is 4.89. The fraction of sp³-hybridized carbons (Fsp3) is 0. The Labute approximate surface area is 121 Å². The van der Waals surface area contributed by atoms with Crippen molar-refractivity contribution in [3.8, 4) is 11.7 Å². The van der Waals surface area contributed by atoms with Gasteiger partial charge in [-0.25, -0.2) is 4.79 Å². The number of fused-ring (bicyclic) bond motifs is 5. The van der Waals surface area contributed by atoms with Gasteiger partial charge in [0.2, 0.25) is 0 Å². The minimum Gasteiger partial charge on any atom is -0.508 e. The zero-order chi connectivity index (χ0) is 15.4. The van der Waals surface area contributed by atoms with Crippen LogP contribution < -0.4 is 11.1 Å². The summed E-state index contributed by atoms with van der Waals surface area (Å²) in [6.45, 7) is 0. The van der Waals surface area contributed by atoms with Crippen molar-refractivity contribution in [1.29, 1.82) is 0 Å². The van der Waals surface area contributed by atoms with E-state index < -0.39 is 11.6 Å². The van der Waals surface area contributed by atoms with Crippen molar-refractivity contribution >= 4 is 32.7 Å². The van der Waals surface area contributed by atoms with Gasteiger partial charge < -0.3 is 19.0 Å². The average molecular weight is 296 g/mol. The highest BCUT2D eigenvalue weighted by Crippen LogP contribution is 2.36. The Balaban J connectivity index is 2.45. The zero-order valence-corrected chi connectivity index (χ0v) is 11.0. The molecule has 0 fully saturated rings. The summed E-state index contributed by atoms with van der Waals surface area (Å²) >= 11 is 0. The molecule has 2 aromatic carbocycles. The predicted octanol–water partition coefficient (Wildman–Crippen LogP) is 2.46. The molecule has 0 aliphatic rings. The van der Waals surface area contributed by atoms with Gasteiger partial charge in [0.15, 0.2) is 5.43 Å². The van der Waals surface area contributed by atoms with Crippen molar-refractivity contribution in [2.24, 2.45) is 0 Å². The number of hydrogen-bond acceptors (Lipinski definition) is 6. The van der Waals surface area contributed by atoms with Gasteiger partial charge in [0.25, 0.3) is 5.95 Å². The van der Waals surface area contributed by atoms with E-state index in [1.165, 1.54) is 36.4 Å². The Morgan fingerprint density at radius 3 is 2.41 bits per heavy atom. The monoisotopic (exact) mass is 296 g/mol. The topological polar surface area (TPSA) is 101 Å². The first-order chi connectivity index (χ1) is 10.5. The van der Waals surface area contributed by atoms with Crippen LogP contribution in [-0.4, -0.2) is 10.2 Å². The molecule has 0 unspecified atom stereocenters. The van der Waals surface area contributed by atoms with Gasteiger partial charge in [0.1, 0.15) is 22.3 Å². The van der Waals surface area contributed by atoms with Crippen LogP contribution in [0, 0.1) is 0 Å². The summed E-state index contributed by atoms with van der Waals surface area (Å²) in [5, 5.41) is 20.8. The molecule has 0 amide bonds. The van der Waals surface area contributed by atoms with Crippen LogP contribution >= 0.6 is 0 Å². The number of hydrogen-bond donors (Lipinski definition) is 2. The van der Waals surface area contributed by atoms with E-state index in [0.29, 0.717) is 21.7 Å². The summed E-state index contributed by atoms with van der Waals surface area (Å²) < 4.78 is 10.3. The molecular weight excluding hydrogens is 288 g/mol. The average Bonchev–Trinajstić information content (AvgIpc) is 2.47. The van der Waals surface area contributed by atoms with Crippen molar-refractivity contribution in [3.05, 3.63) is 57.0 Å². The molecule has 2 N–H and O–H groups in total. The van der Waals surface area contributed by atoms with Crippen LogP contribution in [0.2, 0.25) is 0 Å². The number of benzene rings is 2. The SMILES string of the molecule is O=c1ccc2c(c1)oc(=O)c1c(O)oc3ccc(O)cc3c12. The summed E-state index contributed by atoms with van der Waals surface area (Å²) in [5.41, 5.74) is -0.715. The summed E-state index contributed by atoms with van der Waals surface area (Å²) in [6, 6.07) is 8.34. The third-order valence-electron chi connectivity index (χ3n) is 3.53. The van der Waals surface area contributed by atoms with Crippen LogP contribution in [-0.2, 0) is 0 Å². The molecule has 22 heavy (non-hydrogen) atoms. The summed E-state index contributed by atoms with van der Waals surface area (Å²) in [5.74, 6) is -0.591. The van der Waals surface area contributed by atoms with Crippen molar-refractivity contribution in [2.75, 3.05) is 0 Å². The molecule has 4 rings (SSSR count). The van der Waals surface area contributed by atoms with Crippen molar-refractivity contribution in [1.82, 2.24) is 0 Å². The lowest BCUT2D eigenvalue weighted by Gasteiger charge is -2.07. The molecule has 0 radical (unpaired) electrons. The van der Waals surface area contributed by atoms with E-state index >= 15 is 0 Å². The molecule has 0 atom stereocenters. The smallest absolute Gasteiger partial charge is 0.351 e. The zero-order valence-electron chi connectivity index (χ0n) is 11.0. The fourth-order valence-electron chi connectivity index (χ4n) is 2.61. The van der Waals surface area contributed by atoms with Crippen molar-refractivity contribution in [3.63, 3.8) is 0 Å². The Morgan fingerprint density at radius 2 is 1.59 bits per heavy atom. The number of aromatic hydroxyl groups is 2. The highest BCUT2D eigenvalue weighted by molar-refractivity contribution is 6.18. The van der Waals surface area contributed by atoms with E-state index in [9.17, 15) is 19.8 Å². The summed E-state index contributed by atoms with van der Waals surface area (Å²) in [6.07, 6.45) is 0. The van der Waals surface area contributed by atoms with E-state index in [2.05, 4.69) is 0 Å². The van der Waals surface area contributed by atoms with Crippen molar-refractivity contribution < 1.29 is 19.0 Å². The molecule has 0 saturated heterocycles. The summed E-state index contributed by atoms with van der Waals surface area (Å²) in [4.78, 5) is 23.5. The molecule has 2 aromatic heterocycles. The molecule has 0 aliphatic carbocycles. The van der Waals surface area contributed by atoms with E-state index in [1.54, 1.807) is 0 Å². The Morgan fingerprint density at radius 1 is 0.773 bits per heavy atom. The molecule has 4 aromatic rings. The first kappa shape index (κ1) is 12.5. The van der Waals surface area contributed by atoms with E-state index in [4.69, 9.17) is 8.83 Å². The van der Waals surface area contributed by atoms with Crippen LogP contribution in [0.1, 0.15) is 0 Å². The van der Waals surface area contributed by atoms with Gasteiger partial charge in [-0.2, -0.15) is 0 Å². The molecule has 0 bridgehead atoms. The first-order valence-corrected chi connectivity index (χ1v) is 6.40. The van der Waals surface area contributed by atoms with E-state index in [-0.39, 0.29) is 22.1 Å². The van der Waals surface area contributed by atoms with E-state index in [1.807, 2.05) is 0 Å². The van der Waals surface area contributed by atoms with Crippen LogP contribution in [0.15, 0.2) is 54.8 Å². The van der Waals surface area contributed by atoms with Crippen LogP contribution in [0.5, 0.6) is 11.7 Å².